The summed E-state index contributed by atoms with van der Waals surface area (Å²) in [6.07, 6.45) is 5.42. The topological polar surface area (TPSA) is 81.0 Å². The molecule has 9 heteroatoms. The summed E-state index contributed by atoms with van der Waals surface area (Å²) in [6, 6.07) is 12.3. The summed E-state index contributed by atoms with van der Waals surface area (Å²) in [7, 11) is 0. The van der Waals surface area contributed by atoms with Crippen LogP contribution in [-0.4, -0.2) is 50.3 Å². The molecule has 1 aliphatic rings. The third-order valence-electron chi connectivity index (χ3n) is 5.93. The lowest BCUT2D eigenvalue weighted by molar-refractivity contribution is 0.0987. The largest absolute Gasteiger partial charge is 0.379 e. The number of hydrogen-bond acceptors (Lipinski definition) is 8. The van der Waals surface area contributed by atoms with Crippen LogP contribution >= 0.6 is 11.3 Å². The van der Waals surface area contributed by atoms with Crippen molar-refractivity contribution in [1.82, 2.24) is 24.5 Å². The Balaban J connectivity index is 1.48. The Morgan fingerprint density at radius 1 is 1.15 bits per heavy atom. The standard InChI is InChI=1S/C24H23N7OS/c1-16-13-32-11-10-30(16)23-22-21(19(14-33-22)26-12-17-6-8-25-9-7-17)28-24(29-23)31-15-27-18-4-2-3-5-20(18)31/h2-9,14-16,26H,10-13H2,1H3/t16-/m1/s1. The molecule has 0 aliphatic carbocycles. The van der Waals surface area contributed by atoms with Gasteiger partial charge in [-0.2, -0.15) is 4.98 Å². The smallest absolute Gasteiger partial charge is 0.238 e. The predicted molar refractivity (Wildman–Crippen MR) is 131 cm³/mol. The van der Waals surface area contributed by atoms with E-state index in [4.69, 9.17) is 14.7 Å². The fraction of sp³-hybridized carbons (Fsp3) is 0.250. The van der Waals surface area contributed by atoms with Crippen molar-refractivity contribution in [1.29, 1.82) is 0 Å². The van der Waals surface area contributed by atoms with Crippen LogP contribution in [0.5, 0.6) is 0 Å². The number of morpholine rings is 1. The normalized spacial score (nSPS) is 16.5. The molecule has 0 amide bonds. The molecule has 5 aromatic rings. The molecule has 1 N–H and O–H groups in total. The van der Waals surface area contributed by atoms with Crippen LogP contribution in [0, 0.1) is 0 Å². The molecule has 1 saturated heterocycles. The average Bonchev–Trinajstić information content (AvgIpc) is 3.47. The molecule has 4 aromatic heterocycles. The highest BCUT2D eigenvalue weighted by Gasteiger charge is 2.25. The van der Waals surface area contributed by atoms with Crippen LogP contribution < -0.4 is 10.2 Å². The zero-order valence-electron chi connectivity index (χ0n) is 18.2. The first-order valence-corrected chi connectivity index (χ1v) is 11.8. The van der Waals surface area contributed by atoms with Crippen LogP contribution in [0.4, 0.5) is 11.5 Å². The van der Waals surface area contributed by atoms with Gasteiger partial charge in [0.15, 0.2) is 5.82 Å². The molecule has 0 saturated carbocycles. The number of thiophene rings is 1. The minimum absolute atomic E-state index is 0.236. The van der Waals surface area contributed by atoms with Gasteiger partial charge in [0.1, 0.15) is 11.8 Å². The SMILES string of the molecule is C[C@@H]1COCCN1c1nc(-n2cnc3ccccc32)nc2c(NCc3ccncc3)csc12. The number of pyridine rings is 1. The Morgan fingerprint density at radius 2 is 2.03 bits per heavy atom. The predicted octanol–water partition coefficient (Wildman–Crippen LogP) is 4.26. The van der Waals surface area contributed by atoms with Crippen LogP contribution in [0.15, 0.2) is 60.5 Å². The van der Waals surface area contributed by atoms with Crippen molar-refractivity contribution >= 4 is 44.1 Å². The van der Waals surface area contributed by atoms with Crippen molar-refractivity contribution in [3.63, 3.8) is 0 Å². The molecule has 5 heterocycles. The van der Waals surface area contributed by atoms with Gasteiger partial charge in [-0.1, -0.05) is 12.1 Å². The van der Waals surface area contributed by atoms with Crippen LogP contribution in [-0.2, 0) is 11.3 Å². The first-order valence-electron chi connectivity index (χ1n) is 11.0. The summed E-state index contributed by atoms with van der Waals surface area (Å²) in [5, 5.41) is 5.69. The zero-order valence-corrected chi connectivity index (χ0v) is 19.0. The lowest BCUT2D eigenvalue weighted by Crippen LogP contribution is -2.44. The van der Waals surface area contributed by atoms with E-state index in [0.29, 0.717) is 25.7 Å². The molecular weight excluding hydrogens is 434 g/mol. The van der Waals surface area contributed by atoms with Gasteiger partial charge in [0.2, 0.25) is 5.95 Å². The summed E-state index contributed by atoms with van der Waals surface area (Å²) in [5.74, 6) is 1.57. The maximum atomic E-state index is 5.68. The number of aromatic nitrogens is 5. The second kappa shape index (κ2) is 8.42. The van der Waals surface area contributed by atoms with Gasteiger partial charge in [-0.3, -0.25) is 9.55 Å². The van der Waals surface area contributed by atoms with E-state index in [1.54, 1.807) is 17.7 Å². The molecule has 0 bridgehead atoms. The number of nitrogens with one attached hydrogen (secondary N) is 1. The number of rotatable bonds is 5. The van der Waals surface area contributed by atoms with Gasteiger partial charge >= 0.3 is 0 Å². The molecule has 0 radical (unpaired) electrons. The Bertz CT molecular complexity index is 1410. The Labute approximate surface area is 194 Å². The van der Waals surface area contributed by atoms with Gasteiger partial charge in [-0.15, -0.1) is 11.3 Å². The first kappa shape index (κ1) is 20.1. The van der Waals surface area contributed by atoms with Crippen molar-refractivity contribution in [3.8, 4) is 5.95 Å². The van der Waals surface area contributed by atoms with Gasteiger partial charge in [0, 0.05) is 30.9 Å². The van der Waals surface area contributed by atoms with E-state index in [0.717, 1.165) is 39.3 Å². The number of nitrogens with zero attached hydrogens (tertiary/aromatic N) is 6. The van der Waals surface area contributed by atoms with Crippen LogP contribution in [0.1, 0.15) is 12.5 Å². The number of benzene rings is 1. The van der Waals surface area contributed by atoms with E-state index < -0.39 is 0 Å². The molecule has 0 spiro atoms. The van der Waals surface area contributed by atoms with E-state index in [2.05, 4.69) is 32.5 Å². The number of anilines is 2. The van der Waals surface area contributed by atoms with E-state index in [1.165, 1.54) is 5.56 Å². The van der Waals surface area contributed by atoms with Crippen LogP contribution in [0.25, 0.3) is 27.2 Å². The molecule has 166 valence electrons. The van der Waals surface area contributed by atoms with Crippen LogP contribution in [0.3, 0.4) is 0 Å². The number of fused-ring (bicyclic) bond motifs is 2. The Morgan fingerprint density at radius 3 is 2.91 bits per heavy atom. The number of imidazole rings is 1. The lowest BCUT2D eigenvalue weighted by atomic mass is 10.2. The highest BCUT2D eigenvalue weighted by Crippen LogP contribution is 2.37. The van der Waals surface area contributed by atoms with Crippen molar-refractivity contribution < 1.29 is 4.74 Å². The number of ether oxygens (including phenoxy) is 1. The van der Waals surface area contributed by atoms with Crippen molar-refractivity contribution in [3.05, 3.63) is 66.1 Å². The lowest BCUT2D eigenvalue weighted by Gasteiger charge is -2.34. The molecule has 0 unspecified atom stereocenters. The second-order valence-corrected chi connectivity index (χ2v) is 8.98. The van der Waals surface area contributed by atoms with E-state index in [-0.39, 0.29) is 6.04 Å². The molecular formula is C24H23N7OS. The quantitative estimate of drug-likeness (QED) is 0.422. The fourth-order valence-corrected chi connectivity index (χ4v) is 5.14. The highest BCUT2D eigenvalue weighted by atomic mass is 32.1. The minimum atomic E-state index is 0.236. The third-order valence-corrected chi connectivity index (χ3v) is 6.89. The molecule has 8 nitrogen and oxygen atoms in total. The van der Waals surface area contributed by atoms with Gasteiger partial charge in [0.25, 0.3) is 0 Å². The molecule has 33 heavy (non-hydrogen) atoms. The summed E-state index contributed by atoms with van der Waals surface area (Å²) in [6.45, 7) is 5.06. The minimum Gasteiger partial charge on any atom is -0.379 e. The summed E-state index contributed by atoms with van der Waals surface area (Å²) < 4.78 is 8.73. The van der Waals surface area contributed by atoms with Gasteiger partial charge < -0.3 is 15.0 Å². The van der Waals surface area contributed by atoms with Crippen LogP contribution in [0.2, 0.25) is 0 Å². The summed E-state index contributed by atoms with van der Waals surface area (Å²) >= 11 is 1.67. The zero-order chi connectivity index (χ0) is 22.2. The second-order valence-electron chi connectivity index (χ2n) is 8.10. The Hall–Kier alpha value is -3.56. The third kappa shape index (κ3) is 3.69. The maximum absolute atomic E-state index is 5.68. The monoisotopic (exact) mass is 457 g/mol. The molecule has 1 atom stereocenters. The number of para-hydroxylation sites is 2. The average molecular weight is 458 g/mol. The fourth-order valence-electron chi connectivity index (χ4n) is 4.18. The van der Waals surface area contributed by atoms with Crippen molar-refractivity contribution in [2.45, 2.75) is 19.5 Å². The van der Waals surface area contributed by atoms with E-state index in [1.807, 2.05) is 53.4 Å². The van der Waals surface area contributed by atoms with Gasteiger partial charge in [0.05, 0.1) is 40.7 Å². The molecule has 1 aromatic carbocycles. The molecule has 1 fully saturated rings. The summed E-state index contributed by atoms with van der Waals surface area (Å²) in [4.78, 5) is 21.1. The van der Waals surface area contributed by atoms with Crippen molar-refractivity contribution in [2.24, 2.45) is 0 Å². The molecule has 6 rings (SSSR count). The first-order chi connectivity index (χ1) is 16.3. The van der Waals surface area contributed by atoms with E-state index >= 15 is 0 Å². The highest BCUT2D eigenvalue weighted by molar-refractivity contribution is 7.18. The van der Waals surface area contributed by atoms with E-state index in [9.17, 15) is 0 Å². The summed E-state index contributed by atoms with van der Waals surface area (Å²) in [5.41, 5.74) is 5.00. The number of hydrogen-bond donors (Lipinski definition) is 1. The van der Waals surface area contributed by atoms with Gasteiger partial charge in [-0.25, -0.2) is 9.97 Å². The Kier molecular flexibility index (Phi) is 5.12. The van der Waals surface area contributed by atoms with Gasteiger partial charge in [-0.05, 0) is 36.8 Å². The molecule has 1 aliphatic heterocycles. The van der Waals surface area contributed by atoms with Crippen molar-refractivity contribution in [2.75, 3.05) is 30.0 Å². The maximum Gasteiger partial charge on any atom is 0.238 e.